The largest absolute Gasteiger partial charge is 0.385 e. The average Bonchev–Trinajstić information content (AvgIpc) is 2.59. The number of unbranched alkanes of at least 4 members (excludes halogenated alkanes) is 5. The molecule has 0 saturated heterocycles. The Morgan fingerprint density at radius 3 is 2.12 bits per heavy atom. The zero-order chi connectivity index (χ0) is 19.6. The standard InChI is InChI=1S/C21H45N3O2/c1-19(2)18-22-12-15-24(16-13-23-21(25)20(3)4)14-10-8-6-7-9-11-17-26-5/h19-20,22H,6-18H2,1-5H3,(H,23,25). The molecular weight excluding hydrogens is 326 g/mol. The van der Waals surface area contributed by atoms with Crippen LogP contribution in [-0.2, 0) is 9.53 Å². The molecule has 0 aromatic heterocycles. The molecule has 0 unspecified atom stereocenters. The predicted molar refractivity (Wildman–Crippen MR) is 112 cm³/mol. The zero-order valence-corrected chi connectivity index (χ0v) is 18.1. The number of nitrogens with one attached hydrogen (secondary N) is 2. The normalized spacial score (nSPS) is 11.7. The topological polar surface area (TPSA) is 53.6 Å². The van der Waals surface area contributed by atoms with Crippen LogP contribution in [0.1, 0.15) is 66.2 Å². The molecule has 2 N–H and O–H groups in total. The summed E-state index contributed by atoms with van der Waals surface area (Å²) in [7, 11) is 1.77. The minimum atomic E-state index is 0.0641. The van der Waals surface area contributed by atoms with E-state index in [-0.39, 0.29) is 11.8 Å². The van der Waals surface area contributed by atoms with Crippen LogP contribution < -0.4 is 10.6 Å². The van der Waals surface area contributed by atoms with Gasteiger partial charge in [0.05, 0.1) is 0 Å². The summed E-state index contributed by atoms with van der Waals surface area (Å²) in [6, 6.07) is 0. The van der Waals surface area contributed by atoms with Crippen LogP contribution in [0.5, 0.6) is 0 Å². The van der Waals surface area contributed by atoms with Crippen LogP contribution in [0.25, 0.3) is 0 Å². The van der Waals surface area contributed by atoms with Crippen molar-refractivity contribution in [3.63, 3.8) is 0 Å². The Balaban J connectivity index is 3.93. The monoisotopic (exact) mass is 371 g/mol. The van der Waals surface area contributed by atoms with Gasteiger partial charge in [-0.1, -0.05) is 53.4 Å². The maximum absolute atomic E-state index is 11.7. The molecule has 0 aliphatic carbocycles. The fourth-order valence-electron chi connectivity index (χ4n) is 2.79. The van der Waals surface area contributed by atoms with Crippen LogP contribution in [0.3, 0.4) is 0 Å². The van der Waals surface area contributed by atoms with Gasteiger partial charge in [-0.05, 0) is 31.8 Å². The highest BCUT2D eigenvalue weighted by Gasteiger charge is 2.08. The Labute approximate surface area is 162 Å². The third-order valence-corrected chi connectivity index (χ3v) is 4.48. The molecule has 0 atom stereocenters. The Hall–Kier alpha value is -0.650. The van der Waals surface area contributed by atoms with Gasteiger partial charge in [-0.2, -0.15) is 0 Å². The summed E-state index contributed by atoms with van der Waals surface area (Å²) < 4.78 is 5.09. The minimum Gasteiger partial charge on any atom is -0.385 e. The van der Waals surface area contributed by atoms with E-state index >= 15 is 0 Å². The third kappa shape index (κ3) is 16.8. The van der Waals surface area contributed by atoms with Gasteiger partial charge in [0.25, 0.3) is 0 Å². The molecule has 156 valence electrons. The molecule has 5 heteroatoms. The smallest absolute Gasteiger partial charge is 0.222 e. The molecule has 0 aliphatic rings. The third-order valence-electron chi connectivity index (χ3n) is 4.48. The fourth-order valence-corrected chi connectivity index (χ4v) is 2.79. The summed E-state index contributed by atoms with van der Waals surface area (Å²) >= 11 is 0. The van der Waals surface area contributed by atoms with Crippen LogP contribution in [0, 0.1) is 11.8 Å². The van der Waals surface area contributed by atoms with E-state index in [0.717, 1.165) is 45.9 Å². The molecular formula is C21H45N3O2. The van der Waals surface area contributed by atoms with Gasteiger partial charge in [-0.25, -0.2) is 0 Å². The van der Waals surface area contributed by atoms with Crippen molar-refractivity contribution >= 4 is 5.91 Å². The van der Waals surface area contributed by atoms with Gasteiger partial charge in [-0.3, -0.25) is 4.79 Å². The molecule has 0 fully saturated rings. The molecule has 1 amide bonds. The number of rotatable bonds is 18. The summed E-state index contributed by atoms with van der Waals surface area (Å²) in [6.45, 7) is 15.2. The van der Waals surface area contributed by atoms with Crippen LogP contribution >= 0.6 is 0 Å². The Bertz CT molecular complexity index is 322. The first-order chi connectivity index (χ1) is 12.5. The van der Waals surface area contributed by atoms with Gasteiger partial charge in [0.1, 0.15) is 0 Å². The van der Waals surface area contributed by atoms with Gasteiger partial charge >= 0.3 is 0 Å². The van der Waals surface area contributed by atoms with Gasteiger partial charge in [0.2, 0.25) is 5.91 Å². The van der Waals surface area contributed by atoms with Crippen molar-refractivity contribution in [2.45, 2.75) is 66.2 Å². The molecule has 0 heterocycles. The lowest BCUT2D eigenvalue weighted by molar-refractivity contribution is -0.124. The average molecular weight is 372 g/mol. The highest BCUT2D eigenvalue weighted by molar-refractivity contribution is 5.77. The summed E-state index contributed by atoms with van der Waals surface area (Å²) in [5, 5.41) is 6.56. The highest BCUT2D eigenvalue weighted by Crippen LogP contribution is 2.06. The van der Waals surface area contributed by atoms with Gasteiger partial charge in [-0.15, -0.1) is 0 Å². The number of hydrogen-bond acceptors (Lipinski definition) is 4. The fraction of sp³-hybridized carbons (Fsp3) is 0.952. The second-order valence-corrected chi connectivity index (χ2v) is 8.00. The number of methoxy groups -OCH3 is 1. The highest BCUT2D eigenvalue weighted by atomic mass is 16.5. The van der Waals surface area contributed by atoms with Gasteiger partial charge < -0.3 is 20.3 Å². The summed E-state index contributed by atoms with van der Waals surface area (Å²) in [6.07, 6.45) is 7.61. The van der Waals surface area contributed by atoms with Crippen molar-refractivity contribution < 1.29 is 9.53 Å². The van der Waals surface area contributed by atoms with E-state index in [2.05, 4.69) is 29.4 Å². The number of nitrogens with zero attached hydrogens (tertiary/aromatic N) is 1. The summed E-state index contributed by atoms with van der Waals surface area (Å²) in [5.74, 6) is 0.903. The first-order valence-corrected chi connectivity index (χ1v) is 10.7. The summed E-state index contributed by atoms with van der Waals surface area (Å²) in [4.78, 5) is 14.2. The quantitative estimate of drug-likeness (QED) is 0.363. The minimum absolute atomic E-state index is 0.0641. The van der Waals surface area contributed by atoms with Crippen molar-refractivity contribution in [3.05, 3.63) is 0 Å². The van der Waals surface area contributed by atoms with E-state index in [9.17, 15) is 4.79 Å². The second-order valence-electron chi connectivity index (χ2n) is 8.00. The second kappa shape index (κ2) is 17.7. The predicted octanol–water partition coefficient (Wildman–Crippen LogP) is 3.29. The Morgan fingerprint density at radius 2 is 1.50 bits per heavy atom. The Morgan fingerprint density at radius 1 is 0.885 bits per heavy atom. The SMILES string of the molecule is COCCCCCCCCN(CCNCC(C)C)CCNC(=O)C(C)C. The lowest BCUT2D eigenvalue weighted by Crippen LogP contribution is -2.40. The van der Waals surface area contributed by atoms with Crippen LogP contribution in [0.2, 0.25) is 0 Å². The lowest BCUT2D eigenvalue weighted by Gasteiger charge is -2.23. The molecule has 5 nitrogen and oxygen atoms in total. The van der Waals surface area contributed by atoms with Crippen molar-refractivity contribution in [2.24, 2.45) is 11.8 Å². The van der Waals surface area contributed by atoms with Crippen molar-refractivity contribution in [3.8, 4) is 0 Å². The van der Waals surface area contributed by atoms with Gasteiger partial charge in [0, 0.05) is 45.8 Å². The number of amides is 1. The van der Waals surface area contributed by atoms with Crippen LogP contribution in [-0.4, -0.2) is 63.8 Å². The van der Waals surface area contributed by atoms with Gasteiger partial charge in [0.15, 0.2) is 0 Å². The van der Waals surface area contributed by atoms with Crippen LogP contribution in [0.15, 0.2) is 0 Å². The number of ether oxygens (including phenoxy) is 1. The maximum Gasteiger partial charge on any atom is 0.222 e. The summed E-state index contributed by atoms with van der Waals surface area (Å²) in [5.41, 5.74) is 0. The van der Waals surface area contributed by atoms with Crippen molar-refractivity contribution in [1.29, 1.82) is 0 Å². The van der Waals surface area contributed by atoms with E-state index in [1.807, 2.05) is 13.8 Å². The zero-order valence-electron chi connectivity index (χ0n) is 18.1. The van der Waals surface area contributed by atoms with Crippen LogP contribution in [0.4, 0.5) is 0 Å². The first kappa shape index (κ1) is 25.4. The Kier molecular flexibility index (Phi) is 17.3. The molecule has 0 saturated carbocycles. The maximum atomic E-state index is 11.7. The number of carbonyl (C=O) groups is 1. The molecule has 26 heavy (non-hydrogen) atoms. The van der Waals surface area contributed by atoms with E-state index in [0.29, 0.717) is 5.92 Å². The molecule has 0 radical (unpaired) electrons. The molecule has 0 aromatic rings. The van der Waals surface area contributed by atoms with E-state index < -0.39 is 0 Å². The molecule has 0 aromatic carbocycles. The van der Waals surface area contributed by atoms with Crippen molar-refractivity contribution in [2.75, 3.05) is 53.0 Å². The van der Waals surface area contributed by atoms with E-state index in [1.54, 1.807) is 7.11 Å². The lowest BCUT2D eigenvalue weighted by atomic mass is 10.1. The van der Waals surface area contributed by atoms with E-state index in [1.165, 1.54) is 38.5 Å². The number of hydrogen-bond donors (Lipinski definition) is 2. The molecule has 0 spiro atoms. The molecule has 0 rings (SSSR count). The first-order valence-electron chi connectivity index (χ1n) is 10.7. The molecule has 0 bridgehead atoms. The van der Waals surface area contributed by atoms with E-state index in [4.69, 9.17) is 4.74 Å². The van der Waals surface area contributed by atoms with Crippen molar-refractivity contribution in [1.82, 2.24) is 15.5 Å². The number of carbonyl (C=O) groups excluding carboxylic acids is 1. The molecule has 0 aliphatic heterocycles.